The SMILES string of the molecule is Fc1cc(CBr)cc(F)c1Oc1cccc2ncccc12. The quantitative estimate of drug-likeness (QED) is 0.606. The Morgan fingerprint density at radius 3 is 2.52 bits per heavy atom. The van der Waals surface area contributed by atoms with Crippen molar-refractivity contribution in [2.45, 2.75) is 5.33 Å². The number of hydrogen-bond acceptors (Lipinski definition) is 2. The maximum Gasteiger partial charge on any atom is 0.198 e. The molecule has 0 N–H and O–H groups in total. The molecule has 0 atom stereocenters. The van der Waals surface area contributed by atoms with Gasteiger partial charge in [0.25, 0.3) is 0 Å². The third-order valence-electron chi connectivity index (χ3n) is 3.03. The van der Waals surface area contributed by atoms with Gasteiger partial charge in [-0.25, -0.2) is 8.78 Å². The van der Waals surface area contributed by atoms with E-state index in [4.69, 9.17) is 4.74 Å². The molecule has 1 heterocycles. The van der Waals surface area contributed by atoms with Gasteiger partial charge in [0.1, 0.15) is 5.75 Å². The van der Waals surface area contributed by atoms with Gasteiger partial charge in [0, 0.05) is 16.9 Å². The summed E-state index contributed by atoms with van der Waals surface area (Å²) in [6.07, 6.45) is 1.65. The third kappa shape index (κ3) is 2.74. The van der Waals surface area contributed by atoms with E-state index in [0.29, 0.717) is 27.5 Å². The minimum atomic E-state index is -0.731. The van der Waals surface area contributed by atoms with Crippen LogP contribution in [0.3, 0.4) is 0 Å². The van der Waals surface area contributed by atoms with E-state index in [0.717, 1.165) is 0 Å². The van der Waals surface area contributed by atoms with Gasteiger partial charge in [0.15, 0.2) is 17.4 Å². The zero-order valence-electron chi connectivity index (χ0n) is 10.8. The Morgan fingerprint density at radius 2 is 1.81 bits per heavy atom. The molecule has 1 aromatic heterocycles. The van der Waals surface area contributed by atoms with Crippen LogP contribution in [0.25, 0.3) is 10.9 Å². The highest BCUT2D eigenvalue weighted by molar-refractivity contribution is 9.08. The topological polar surface area (TPSA) is 22.1 Å². The number of nitrogens with zero attached hydrogens (tertiary/aromatic N) is 1. The number of benzene rings is 2. The highest BCUT2D eigenvalue weighted by atomic mass is 79.9. The van der Waals surface area contributed by atoms with Crippen LogP contribution in [-0.4, -0.2) is 4.98 Å². The fourth-order valence-corrected chi connectivity index (χ4v) is 2.38. The van der Waals surface area contributed by atoms with Crippen LogP contribution in [0.1, 0.15) is 5.56 Å². The van der Waals surface area contributed by atoms with E-state index in [1.165, 1.54) is 12.1 Å². The van der Waals surface area contributed by atoms with Crippen LogP contribution in [0, 0.1) is 11.6 Å². The second-order valence-electron chi connectivity index (χ2n) is 4.45. The minimum Gasteiger partial charge on any atom is -0.450 e. The number of pyridine rings is 1. The van der Waals surface area contributed by atoms with E-state index in [1.54, 1.807) is 30.5 Å². The summed E-state index contributed by atoms with van der Waals surface area (Å²) in [5.41, 5.74) is 1.21. The summed E-state index contributed by atoms with van der Waals surface area (Å²) in [4.78, 5) is 4.18. The molecule has 106 valence electrons. The predicted molar refractivity (Wildman–Crippen MR) is 80.8 cm³/mol. The summed E-state index contributed by atoms with van der Waals surface area (Å²) >= 11 is 3.17. The Hall–Kier alpha value is -2.01. The summed E-state index contributed by atoms with van der Waals surface area (Å²) in [6.45, 7) is 0. The van der Waals surface area contributed by atoms with Gasteiger partial charge in [-0.3, -0.25) is 4.98 Å². The number of rotatable bonds is 3. The highest BCUT2D eigenvalue weighted by Gasteiger charge is 2.14. The van der Waals surface area contributed by atoms with Crippen molar-refractivity contribution in [1.29, 1.82) is 0 Å². The summed E-state index contributed by atoms with van der Waals surface area (Å²) < 4.78 is 33.4. The summed E-state index contributed by atoms with van der Waals surface area (Å²) in [5, 5.41) is 1.07. The lowest BCUT2D eigenvalue weighted by atomic mass is 10.2. The molecule has 0 aliphatic rings. The molecule has 5 heteroatoms. The molecule has 0 aliphatic heterocycles. The first-order chi connectivity index (χ1) is 10.2. The maximum absolute atomic E-state index is 14.0. The normalized spacial score (nSPS) is 10.8. The fourth-order valence-electron chi connectivity index (χ4n) is 2.06. The van der Waals surface area contributed by atoms with Crippen molar-refractivity contribution in [3.05, 3.63) is 65.9 Å². The Balaban J connectivity index is 2.07. The molecular weight excluding hydrogens is 340 g/mol. The van der Waals surface area contributed by atoms with Crippen LogP contribution in [0.4, 0.5) is 8.78 Å². The molecule has 0 aliphatic carbocycles. The van der Waals surface area contributed by atoms with E-state index in [9.17, 15) is 8.78 Å². The number of halogens is 3. The second-order valence-corrected chi connectivity index (χ2v) is 5.01. The van der Waals surface area contributed by atoms with Crippen molar-refractivity contribution in [2.24, 2.45) is 0 Å². The molecular formula is C16H10BrF2NO. The number of alkyl halides is 1. The molecule has 2 aromatic carbocycles. The summed E-state index contributed by atoms with van der Waals surface area (Å²) in [7, 11) is 0. The van der Waals surface area contributed by atoms with Gasteiger partial charge in [-0.1, -0.05) is 22.0 Å². The van der Waals surface area contributed by atoms with Crippen LogP contribution < -0.4 is 4.74 Å². The number of hydrogen-bond donors (Lipinski definition) is 0. The predicted octanol–water partition coefficient (Wildman–Crippen LogP) is 5.20. The van der Waals surface area contributed by atoms with Gasteiger partial charge in [0.05, 0.1) is 5.52 Å². The van der Waals surface area contributed by atoms with Gasteiger partial charge >= 0.3 is 0 Å². The van der Waals surface area contributed by atoms with Gasteiger partial charge in [-0.15, -0.1) is 0 Å². The lowest BCUT2D eigenvalue weighted by Gasteiger charge is -2.11. The Kier molecular flexibility index (Phi) is 3.84. The van der Waals surface area contributed by atoms with Crippen LogP contribution in [0.15, 0.2) is 48.7 Å². The van der Waals surface area contributed by atoms with Gasteiger partial charge in [-0.05, 0) is 42.0 Å². The summed E-state index contributed by atoms with van der Waals surface area (Å²) in [6, 6.07) is 11.2. The number of aromatic nitrogens is 1. The molecule has 3 aromatic rings. The molecule has 0 saturated heterocycles. The zero-order chi connectivity index (χ0) is 14.8. The Labute approximate surface area is 128 Å². The molecule has 0 spiro atoms. The van der Waals surface area contributed by atoms with Crippen LogP contribution in [0.5, 0.6) is 11.5 Å². The van der Waals surface area contributed by atoms with E-state index in [1.807, 2.05) is 6.07 Å². The van der Waals surface area contributed by atoms with Gasteiger partial charge in [0.2, 0.25) is 0 Å². The van der Waals surface area contributed by atoms with Crippen LogP contribution in [-0.2, 0) is 5.33 Å². The van der Waals surface area contributed by atoms with Crippen molar-refractivity contribution in [2.75, 3.05) is 0 Å². The minimum absolute atomic E-state index is 0.366. The Morgan fingerprint density at radius 1 is 1.05 bits per heavy atom. The molecule has 2 nitrogen and oxygen atoms in total. The highest BCUT2D eigenvalue weighted by Crippen LogP contribution is 2.33. The second kappa shape index (κ2) is 5.77. The van der Waals surface area contributed by atoms with E-state index in [-0.39, 0.29) is 0 Å². The van der Waals surface area contributed by atoms with Crippen molar-refractivity contribution < 1.29 is 13.5 Å². The van der Waals surface area contributed by atoms with Crippen molar-refractivity contribution in [3.8, 4) is 11.5 Å². The molecule has 21 heavy (non-hydrogen) atoms. The van der Waals surface area contributed by atoms with Crippen molar-refractivity contribution in [1.82, 2.24) is 4.98 Å². The molecule has 0 saturated carbocycles. The van der Waals surface area contributed by atoms with Crippen LogP contribution in [0.2, 0.25) is 0 Å². The van der Waals surface area contributed by atoms with Gasteiger partial charge < -0.3 is 4.74 Å². The molecule has 0 amide bonds. The lowest BCUT2D eigenvalue weighted by molar-refractivity contribution is 0.410. The number of ether oxygens (including phenoxy) is 1. The maximum atomic E-state index is 14.0. The fraction of sp³-hybridized carbons (Fsp3) is 0.0625. The van der Waals surface area contributed by atoms with Crippen LogP contribution >= 0.6 is 15.9 Å². The summed E-state index contributed by atoms with van der Waals surface area (Å²) in [5.74, 6) is -1.50. The van der Waals surface area contributed by atoms with Crippen molar-refractivity contribution in [3.63, 3.8) is 0 Å². The molecule has 0 bridgehead atoms. The monoisotopic (exact) mass is 349 g/mol. The largest absolute Gasteiger partial charge is 0.450 e. The zero-order valence-corrected chi connectivity index (χ0v) is 12.4. The first kappa shape index (κ1) is 13.9. The molecule has 0 fully saturated rings. The van der Waals surface area contributed by atoms with E-state index in [2.05, 4.69) is 20.9 Å². The third-order valence-corrected chi connectivity index (χ3v) is 3.68. The smallest absolute Gasteiger partial charge is 0.198 e. The van der Waals surface area contributed by atoms with Gasteiger partial charge in [-0.2, -0.15) is 0 Å². The van der Waals surface area contributed by atoms with Crippen molar-refractivity contribution >= 4 is 26.8 Å². The molecule has 0 unspecified atom stereocenters. The molecule has 3 rings (SSSR count). The van der Waals surface area contributed by atoms with E-state index >= 15 is 0 Å². The standard InChI is InChI=1S/C16H10BrF2NO/c17-9-10-7-12(18)16(13(19)8-10)21-15-5-1-4-14-11(15)3-2-6-20-14/h1-8H,9H2. The average Bonchev–Trinajstić information content (AvgIpc) is 2.50. The van der Waals surface area contributed by atoms with E-state index < -0.39 is 17.4 Å². The number of fused-ring (bicyclic) bond motifs is 1. The Bertz CT molecular complexity index is 779. The first-order valence-corrected chi connectivity index (χ1v) is 7.36. The molecule has 0 radical (unpaired) electrons. The average molecular weight is 350 g/mol. The first-order valence-electron chi connectivity index (χ1n) is 6.24. The lowest BCUT2D eigenvalue weighted by Crippen LogP contribution is -1.95.